The van der Waals surface area contributed by atoms with Gasteiger partial charge in [-0.25, -0.2) is 4.79 Å². The second kappa shape index (κ2) is 5.94. The van der Waals surface area contributed by atoms with Gasteiger partial charge >= 0.3 is 5.63 Å². The molecule has 3 aliphatic rings. The Labute approximate surface area is 146 Å². The predicted molar refractivity (Wildman–Crippen MR) is 93.7 cm³/mol. The van der Waals surface area contributed by atoms with Crippen LogP contribution in [0.15, 0.2) is 27.4 Å². The molecule has 0 bridgehead atoms. The number of benzene rings is 1. The van der Waals surface area contributed by atoms with Crippen molar-refractivity contribution in [3.05, 3.63) is 45.3 Å². The second-order valence-corrected chi connectivity index (χ2v) is 7.45. The molecule has 25 heavy (non-hydrogen) atoms. The minimum absolute atomic E-state index is 0.253. The molecule has 0 atom stereocenters. The fourth-order valence-electron chi connectivity index (χ4n) is 4.50. The Hall–Kier alpha value is -1.69. The van der Waals surface area contributed by atoms with E-state index in [0.29, 0.717) is 13.2 Å². The van der Waals surface area contributed by atoms with Gasteiger partial charge in [-0.3, -0.25) is 4.90 Å². The lowest BCUT2D eigenvalue weighted by Crippen LogP contribution is -2.44. The molecular weight excluding hydrogens is 318 g/mol. The Morgan fingerprint density at radius 3 is 2.48 bits per heavy atom. The minimum atomic E-state index is -0.352. The van der Waals surface area contributed by atoms with E-state index in [0.717, 1.165) is 61.9 Å². The van der Waals surface area contributed by atoms with Crippen molar-refractivity contribution >= 4 is 11.0 Å². The maximum absolute atomic E-state index is 12.0. The van der Waals surface area contributed by atoms with Gasteiger partial charge < -0.3 is 13.9 Å². The Morgan fingerprint density at radius 2 is 1.72 bits per heavy atom. The molecule has 5 nitrogen and oxygen atoms in total. The van der Waals surface area contributed by atoms with Gasteiger partial charge in [0.2, 0.25) is 0 Å². The zero-order valence-corrected chi connectivity index (χ0v) is 14.4. The van der Waals surface area contributed by atoms with Crippen LogP contribution in [0.25, 0.3) is 11.0 Å². The van der Waals surface area contributed by atoms with Crippen LogP contribution < -0.4 is 5.63 Å². The summed E-state index contributed by atoms with van der Waals surface area (Å²) in [6.45, 7) is 4.03. The molecule has 0 N–H and O–H groups in total. The SMILES string of the molecule is O=c1cc(CN2CCC3(CC2)OCCO3)c2cc3c(cc2o1)CCC3. The number of piperidine rings is 1. The first-order valence-electron chi connectivity index (χ1n) is 9.30. The number of hydrogen-bond donors (Lipinski definition) is 0. The summed E-state index contributed by atoms with van der Waals surface area (Å²) >= 11 is 0. The Morgan fingerprint density at radius 1 is 1.00 bits per heavy atom. The van der Waals surface area contributed by atoms with E-state index >= 15 is 0 Å². The smallest absolute Gasteiger partial charge is 0.336 e. The first kappa shape index (κ1) is 15.6. The number of fused-ring (bicyclic) bond motifs is 2. The van der Waals surface area contributed by atoms with Crippen LogP contribution in [0, 0.1) is 0 Å². The van der Waals surface area contributed by atoms with Crippen LogP contribution in [0.1, 0.15) is 36.0 Å². The van der Waals surface area contributed by atoms with Crippen LogP contribution >= 0.6 is 0 Å². The summed E-state index contributed by atoms with van der Waals surface area (Å²) in [5, 5.41) is 1.09. The highest BCUT2D eigenvalue weighted by molar-refractivity contribution is 5.82. The molecule has 1 spiro atoms. The summed E-state index contributed by atoms with van der Waals surface area (Å²) < 4.78 is 17.1. The van der Waals surface area contributed by atoms with Crippen LogP contribution in [0.3, 0.4) is 0 Å². The van der Waals surface area contributed by atoms with Crippen LogP contribution in [0.2, 0.25) is 0 Å². The van der Waals surface area contributed by atoms with Gasteiger partial charge in [0.05, 0.1) is 13.2 Å². The monoisotopic (exact) mass is 341 g/mol. The number of rotatable bonds is 2. The average molecular weight is 341 g/mol. The first-order valence-corrected chi connectivity index (χ1v) is 9.30. The number of likely N-dealkylation sites (tertiary alicyclic amines) is 1. The van der Waals surface area contributed by atoms with Gasteiger partial charge in [-0.15, -0.1) is 0 Å². The van der Waals surface area contributed by atoms with E-state index in [9.17, 15) is 4.79 Å². The fraction of sp³-hybridized carbons (Fsp3) is 0.550. The molecule has 0 unspecified atom stereocenters. The van der Waals surface area contributed by atoms with E-state index in [1.807, 2.05) is 0 Å². The summed E-state index contributed by atoms with van der Waals surface area (Å²) in [7, 11) is 0. The summed E-state index contributed by atoms with van der Waals surface area (Å²) in [5.41, 5.74) is 4.30. The Balaban J connectivity index is 1.42. The van der Waals surface area contributed by atoms with Crippen molar-refractivity contribution in [3.63, 3.8) is 0 Å². The van der Waals surface area contributed by atoms with Crippen LogP contribution in [-0.2, 0) is 28.9 Å². The number of ether oxygens (including phenoxy) is 2. The van der Waals surface area contributed by atoms with E-state index in [1.165, 1.54) is 17.5 Å². The predicted octanol–water partition coefficient (Wildman–Crippen LogP) is 2.62. The highest BCUT2D eigenvalue weighted by atomic mass is 16.7. The molecule has 3 heterocycles. The topological polar surface area (TPSA) is 51.9 Å². The van der Waals surface area contributed by atoms with E-state index < -0.39 is 0 Å². The van der Waals surface area contributed by atoms with Crippen molar-refractivity contribution in [2.24, 2.45) is 0 Å². The van der Waals surface area contributed by atoms with Crippen molar-refractivity contribution in [2.45, 2.75) is 44.4 Å². The molecule has 1 aromatic heterocycles. The molecule has 2 aromatic rings. The third-order valence-corrected chi connectivity index (χ3v) is 5.87. The van der Waals surface area contributed by atoms with E-state index in [1.54, 1.807) is 6.07 Å². The molecular formula is C20H23NO4. The van der Waals surface area contributed by atoms with Crippen molar-refractivity contribution < 1.29 is 13.9 Å². The lowest BCUT2D eigenvalue weighted by atomic mass is 10.0. The summed E-state index contributed by atoms with van der Waals surface area (Å²) in [6.07, 6.45) is 5.20. The standard InChI is InChI=1S/C20H23NO4/c22-19-12-16(13-21-6-4-20(5-7-21)23-8-9-24-20)17-10-14-2-1-3-15(14)11-18(17)25-19/h10-12H,1-9,13H2. The van der Waals surface area contributed by atoms with Crippen molar-refractivity contribution in [1.29, 1.82) is 0 Å². The van der Waals surface area contributed by atoms with Gasteiger partial charge in [0.15, 0.2) is 5.79 Å². The van der Waals surface area contributed by atoms with E-state index in [-0.39, 0.29) is 11.4 Å². The zero-order chi connectivity index (χ0) is 16.9. The highest BCUT2D eigenvalue weighted by Crippen LogP contribution is 2.33. The lowest BCUT2D eigenvalue weighted by molar-refractivity contribution is -0.185. The van der Waals surface area contributed by atoms with Crippen molar-refractivity contribution in [2.75, 3.05) is 26.3 Å². The molecule has 2 fully saturated rings. The minimum Gasteiger partial charge on any atom is -0.423 e. The Bertz CT molecular complexity index is 856. The number of nitrogens with zero attached hydrogens (tertiary/aromatic N) is 1. The van der Waals surface area contributed by atoms with Gasteiger partial charge in [0.1, 0.15) is 5.58 Å². The normalized spacial score (nSPS) is 22.7. The summed E-state index contributed by atoms with van der Waals surface area (Å²) in [4.78, 5) is 14.4. The van der Waals surface area contributed by atoms with Crippen molar-refractivity contribution in [1.82, 2.24) is 4.90 Å². The molecule has 2 aliphatic heterocycles. The maximum atomic E-state index is 12.0. The van der Waals surface area contributed by atoms with Gasteiger partial charge in [-0.1, -0.05) is 0 Å². The second-order valence-electron chi connectivity index (χ2n) is 7.45. The molecule has 1 aromatic carbocycles. The molecule has 5 heteroatoms. The fourth-order valence-corrected chi connectivity index (χ4v) is 4.50. The number of aryl methyl sites for hydroxylation is 2. The number of hydrogen-bond acceptors (Lipinski definition) is 5. The van der Waals surface area contributed by atoms with Gasteiger partial charge in [-0.2, -0.15) is 0 Å². The maximum Gasteiger partial charge on any atom is 0.336 e. The molecule has 0 amide bonds. The van der Waals surface area contributed by atoms with Crippen LogP contribution in [0.5, 0.6) is 0 Å². The zero-order valence-electron chi connectivity index (χ0n) is 14.4. The largest absolute Gasteiger partial charge is 0.423 e. The first-order chi connectivity index (χ1) is 12.2. The van der Waals surface area contributed by atoms with Gasteiger partial charge in [-0.05, 0) is 48.1 Å². The molecule has 5 rings (SSSR count). The highest BCUT2D eigenvalue weighted by Gasteiger charge is 2.39. The third kappa shape index (κ3) is 2.80. The summed E-state index contributed by atoms with van der Waals surface area (Å²) in [5.74, 6) is -0.352. The molecule has 0 saturated carbocycles. The Kier molecular flexibility index (Phi) is 3.69. The van der Waals surface area contributed by atoms with E-state index in [2.05, 4.69) is 17.0 Å². The molecule has 132 valence electrons. The third-order valence-electron chi connectivity index (χ3n) is 5.87. The van der Waals surface area contributed by atoms with Crippen LogP contribution in [-0.4, -0.2) is 37.0 Å². The summed E-state index contributed by atoms with van der Waals surface area (Å²) in [6, 6.07) is 5.98. The lowest BCUT2D eigenvalue weighted by Gasteiger charge is -2.37. The van der Waals surface area contributed by atoms with Crippen LogP contribution in [0.4, 0.5) is 0 Å². The molecule has 1 aliphatic carbocycles. The van der Waals surface area contributed by atoms with Crippen molar-refractivity contribution in [3.8, 4) is 0 Å². The van der Waals surface area contributed by atoms with Gasteiger partial charge in [0.25, 0.3) is 0 Å². The van der Waals surface area contributed by atoms with Gasteiger partial charge in [0, 0.05) is 43.9 Å². The molecule has 2 saturated heterocycles. The van der Waals surface area contributed by atoms with E-state index in [4.69, 9.17) is 13.9 Å². The average Bonchev–Trinajstić information content (AvgIpc) is 3.24. The quantitative estimate of drug-likeness (QED) is 0.786. The molecule has 0 radical (unpaired) electrons.